The van der Waals surface area contributed by atoms with E-state index in [1.807, 2.05) is 39.0 Å². The molecule has 0 aliphatic heterocycles. The fourth-order valence-electron chi connectivity index (χ4n) is 3.42. The normalized spacial score (nSPS) is 11.5. The van der Waals surface area contributed by atoms with Crippen LogP contribution in [0, 0.1) is 13.8 Å². The van der Waals surface area contributed by atoms with Gasteiger partial charge in [0.1, 0.15) is 11.2 Å². The van der Waals surface area contributed by atoms with Crippen LogP contribution in [0.1, 0.15) is 34.8 Å². The molecule has 0 bridgehead atoms. The summed E-state index contributed by atoms with van der Waals surface area (Å²) in [6.45, 7) is 6.03. The molecule has 3 heterocycles. The number of carbonyl (C=O) groups is 1. The second-order valence-corrected chi connectivity index (χ2v) is 7.83. The highest BCUT2D eigenvalue weighted by molar-refractivity contribution is 7.17. The highest BCUT2D eigenvalue weighted by Crippen LogP contribution is 2.17. The van der Waals surface area contributed by atoms with Gasteiger partial charge in [-0.05, 0) is 43.3 Å². The van der Waals surface area contributed by atoms with E-state index in [-0.39, 0.29) is 23.7 Å². The molecule has 144 valence electrons. The minimum atomic E-state index is -0.415. The first-order chi connectivity index (χ1) is 13.4. The zero-order chi connectivity index (χ0) is 20.0. The number of carbonyl (C=O) groups excluding carboxylic acids is 1. The molecule has 0 saturated carbocycles. The standard InChI is InChI=1S/C20H20N4O3S/c1-4-8-22-18(26)17-15(7-9-28-17)24-19(22)21-23(20(24)27)11-16(25)14-10-12(2)5-6-13(14)3/h5-7,9-10H,4,8,11H2,1-3H3. The fraction of sp³-hybridized carbons (Fsp3) is 0.300. The van der Waals surface area contributed by atoms with Crippen molar-refractivity contribution in [1.29, 1.82) is 0 Å². The number of Topliss-reactive ketones (excluding diaryl/α,β-unsaturated/α-hetero) is 1. The number of benzene rings is 1. The maximum absolute atomic E-state index is 13.0. The van der Waals surface area contributed by atoms with E-state index in [0.29, 0.717) is 22.3 Å². The lowest BCUT2D eigenvalue weighted by Crippen LogP contribution is -2.27. The summed E-state index contributed by atoms with van der Waals surface area (Å²) < 4.78 is 4.61. The smallest absolute Gasteiger partial charge is 0.292 e. The lowest BCUT2D eigenvalue weighted by molar-refractivity contribution is 0.0965. The highest BCUT2D eigenvalue weighted by Gasteiger charge is 2.20. The van der Waals surface area contributed by atoms with E-state index < -0.39 is 5.69 Å². The predicted molar refractivity (Wildman–Crippen MR) is 110 cm³/mol. The minimum Gasteiger partial charge on any atom is -0.292 e. The lowest BCUT2D eigenvalue weighted by atomic mass is 10.0. The Labute approximate surface area is 164 Å². The van der Waals surface area contributed by atoms with Gasteiger partial charge in [-0.2, -0.15) is 0 Å². The molecule has 0 atom stereocenters. The predicted octanol–water partition coefficient (Wildman–Crippen LogP) is 2.78. The molecule has 1 aromatic carbocycles. The average Bonchev–Trinajstić information content (AvgIpc) is 3.26. The van der Waals surface area contributed by atoms with Crippen molar-refractivity contribution in [3.63, 3.8) is 0 Å². The van der Waals surface area contributed by atoms with Gasteiger partial charge in [-0.1, -0.05) is 24.6 Å². The molecule has 0 aliphatic carbocycles. The van der Waals surface area contributed by atoms with Crippen LogP contribution in [-0.2, 0) is 13.1 Å². The summed E-state index contributed by atoms with van der Waals surface area (Å²) in [5.74, 6) is 0.0918. The summed E-state index contributed by atoms with van der Waals surface area (Å²) in [5.41, 5.74) is 2.38. The second-order valence-electron chi connectivity index (χ2n) is 6.91. The van der Waals surface area contributed by atoms with Crippen LogP contribution in [-0.4, -0.2) is 24.5 Å². The Morgan fingerprint density at radius 3 is 2.71 bits per heavy atom. The van der Waals surface area contributed by atoms with Gasteiger partial charge in [0.05, 0.1) is 5.52 Å². The number of hydrogen-bond acceptors (Lipinski definition) is 5. The van der Waals surface area contributed by atoms with Crippen molar-refractivity contribution in [3.05, 3.63) is 67.2 Å². The molecule has 4 aromatic rings. The van der Waals surface area contributed by atoms with Crippen molar-refractivity contribution < 1.29 is 4.79 Å². The van der Waals surface area contributed by atoms with E-state index in [1.54, 1.807) is 11.4 Å². The molecule has 0 fully saturated rings. The monoisotopic (exact) mass is 396 g/mol. The summed E-state index contributed by atoms with van der Waals surface area (Å²) in [7, 11) is 0. The van der Waals surface area contributed by atoms with Gasteiger partial charge >= 0.3 is 5.69 Å². The maximum atomic E-state index is 13.0. The largest absolute Gasteiger partial charge is 0.352 e. The zero-order valence-electron chi connectivity index (χ0n) is 15.9. The first kappa shape index (κ1) is 18.4. The Hall–Kier alpha value is -3.00. The number of nitrogens with zero attached hydrogens (tertiary/aromatic N) is 4. The van der Waals surface area contributed by atoms with E-state index in [4.69, 9.17) is 0 Å². The maximum Gasteiger partial charge on any atom is 0.352 e. The number of fused-ring (bicyclic) bond motifs is 3. The number of rotatable bonds is 5. The summed E-state index contributed by atoms with van der Waals surface area (Å²) in [6, 6.07) is 7.40. The SMILES string of the molecule is CCCn1c(=O)c2sccc2n2c(=O)n(CC(=O)c3cc(C)ccc3C)nc12. The summed E-state index contributed by atoms with van der Waals surface area (Å²) in [5, 5.41) is 6.14. The third-order valence-corrected chi connectivity index (χ3v) is 5.71. The van der Waals surface area contributed by atoms with Crippen LogP contribution in [0.4, 0.5) is 0 Å². The van der Waals surface area contributed by atoms with E-state index in [9.17, 15) is 14.4 Å². The second kappa shape index (κ2) is 6.87. The zero-order valence-corrected chi connectivity index (χ0v) is 16.7. The first-order valence-electron chi connectivity index (χ1n) is 9.12. The molecule has 8 heteroatoms. The van der Waals surface area contributed by atoms with Gasteiger partial charge in [-0.3, -0.25) is 14.2 Å². The Balaban J connectivity index is 1.89. The van der Waals surface area contributed by atoms with E-state index >= 15 is 0 Å². The van der Waals surface area contributed by atoms with Gasteiger partial charge in [0, 0.05) is 12.1 Å². The van der Waals surface area contributed by atoms with E-state index in [0.717, 1.165) is 22.2 Å². The van der Waals surface area contributed by atoms with Crippen LogP contribution in [0.15, 0.2) is 39.2 Å². The molecule has 0 amide bonds. The molecule has 3 aromatic heterocycles. The van der Waals surface area contributed by atoms with Crippen LogP contribution in [0.5, 0.6) is 0 Å². The molecule has 0 N–H and O–H groups in total. The van der Waals surface area contributed by atoms with Crippen LogP contribution >= 0.6 is 11.3 Å². The van der Waals surface area contributed by atoms with Gasteiger partial charge in [0.2, 0.25) is 5.78 Å². The molecular weight excluding hydrogens is 376 g/mol. The molecule has 0 aliphatic rings. The summed E-state index contributed by atoms with van der Waals surface area (Å²) >= 11 is 1.30. The quantitative estimate of drug-likeness (QED) is 0.486. The third kappa shape index (κ3) is 2.80. The third-order valence-electron chi connectivity index (χ3n) is 4.82. The summed E-state index contributed by atoms with van der Waals surface area (Å²) in [4.78, 5) is 38.6. The number of aromatic nitrogens is 4. The van der Waals surface area contributed by atoms with Crippen molar-refractivity contribution in [3.8, 4) is 0 Å². The topological polar surface area (TPSA) is 78.4 Å². The highest BCUT2D eigenvalue weighted by atomic mass is 32.1. The number of ketones is 1. The van der Waals surface area contributed by atoms with Crippen LogP contribution in [0.2, 0.25) is 0 Å². The molecule has 7 nitrogen and oxygen atoms in total. The van der Waals surface area contributed by atoms with Gasteiger partial charge in [-0.25, -0.2) is 13.9 Å². The summed E-state index contributed by atoms with van der Waals surface area (Å²) in [6.07, 6.45) is 0.731. The molecule has 0 saturated heterocycles. The molecule has 0 spiro atoms. The van der Waals surface area contributed by atoms with Crippen molar-refractivity contribution in [2.45, 2.75) is 40.3 Å². The van der Waals surface area contributed by atoms with Crippen LogP contribution < -0.4 is 11.2 Å². The van der Waals surface area contributed by atoms with Crippen molar-refractivity contribution in [2.75, 3.05) is 0 Å². The number of hydrogen-bond donors (Lipinski definition) is 0. The van der Waals surface area contributed by atoms with Gasteiger partial charge in [0.25, 0.3) is 5.56 Å². The Morgan fingerprint density at radius 2 is 1.96 bits per heavy atom. The van der Waals surface area contributed by atoms with Gasteiger partial charge in [-0.15, -0.1) is 16.4 Å². The molecule has 4 rings (SSSR count). The number of thiophene rings is 1. The first-order valence-corrected chi connectivity index (χ1v) is 10.0. The Bertz CT molecular complexity index is 1340. The minimum absolute atomic E-state index is 0.155. The van der Waals surface area contributed by atoms with Crippen molar-refractivity contribution in [2.24, 2.45) is 0 Å². The molecule has 28 heavy (non-hydrogen) atoms. The Morgan fingerprint density at radius 1 is 1.18 bits per heavy atom. The van der Waals surface area contributed by atoms with Crippen LogP contribution in [0.25, 0.3) is 16.0 Å². The van der Waals surface area contributed by atoms with E-state index in [1.165, 1.54) is 20.3 Å². The number of aryl methyl sites for hydroxylation is 3. The van der Waals surface area contributed by atoms with Crippen molar-refractivity contribution in [1.82, 2.24) is 18.7 Å². The molecular formula is C20H20N4O3S. The van der Waals surface area contributed by atoms with Crippen molar-refractivity contribution >= 4 is 33.1 Å². The fourth-order valence-corrected chi connectivity index (χ4v) is 4.24. The van der Waals surface area contributed by atoms with Crippen LogP contribution in [0.3, 0.4) is 0 Å². The van der Waals surface area contributed by atoms with Gasteiger partial charge in [0.15, 0.2) is 5.78 Å². The Kier molecular flexibility index (Phi) is 4.50. The average molecular weight is 396 g/mol. The van der Waals surface area contributed by atoms with E-state index in [2.05, 4.69) is 5.10 Å². The van der Waals surface area contributed by atoms with Gasteiger partial charge < -0.3 is 0 Å². The molecule has 0 radical (unpaired) electrons. The molecule has 0 unspecified atom stereocenters. The lowest BCUT2D eigenvalue weighted by Gasteiger charge is -2.06.